The van der Waals surface area contributed by atoms with E-state index in [0.29, 0.717) is 5.75 Å². The molecule has 120 valence electrons. The Labute approximate surface area is 135 Å². The summed E-state index contributed by atoms with van der Waals surface area (Å²) in [5.74, 6) is -0.479. The van der Waals surface area contributed by atoms with Gasteiger partial charge in [0.25, 0.3) is 0 Å². The summed E-state index contributed by atoms with van der Waals surface area (Å²) in [4.78, 5) is 25.4. The second kappa shape index (κ2) is 6.96. The Bertz CT molecular complexity index is 707. The minimum absolute atomic E-state index is 0.0298. The normalized spacial score (nSPS) is 10.4. The Morgan fingerprint density at radius 1 is 1.04 bits per heavy atom. The topological polar surface area (TPSA) is 66.8 Å². The first kappa shape index (κ1) is 16.5. The Morgan fingerprint density at radius 3 is 2.17 bits per heavy atom. The second-order valence-corrected chi connectivity index (χ2v) is 5.38. The zero-order valence-corrected chi connectivity index (χ0v) is 13.3. The average molecular weight is 313 g/mol. The molecule has 0 heterocycles. The smallest absolute Gasteiger partial charge is 0.347 e. The number of carbonyl (C=O) groups excluding carboxylic acids is 2. The van der Waals surface area contributed by atoms with E-state index < -0.39 is 5.97 Å². The van der Waals surface area contributed by atoms with Crippen molar-refractivity contribution in [3.05, 3.63) is 54.1 Å². The van der Waals surface area contributed by atoms with Gasteiger partial charge in [0.2, 0.25) is 5.91 Å². The molecule has 2 aromatic rings. The Balaban J connectivity index is 2.16. The van der Waals surface area contributed by atoms with Crippen LogP contribution in [-0.4, -0.2) is 23.0 Å². The zero-order valence-electron chi connectivity index (χ0n) is 13.3. The third kappa shape index (κ3) is 3.88. The molecule has 0 fully saturated rings. The predicted octanol–water partition coefficient (Wildman–Crippen LogP) is 3.37. The van der Waals surface area contributed by atoms with E-state index in [2.05, 4.69) is 0 Å². The molecule has 0 spiro atoms. The van der Waals surface area contributed by atoms with Crippen LogP contribution in [0, 0.1) is 0 Å². The fourth-order valence-electron chi connectivity index (χ4n) is 2.33. The van der Waals surface area contributed by atoms with Gasteiger partial charge in [-0.2, -0.15) is 0 Å². The quantitative estimate of drug-likeness (QED) is 0.694. The summed E-state index contributed by atoms with van der Waals surface area (Å²) in [5, 5.41) is 9.65. The maximum Gasteiger partial charge on any atom is 0.347 e. The lowest BCUT2D eigenvalue weighted by Crippen LogP contribution is -2.34. The molecule has 0 aliphatic heterocycles. The lowest BCUT2D eigenvalue weighted by atomic mass is 10.2. The lowest BCUT2D eigenvalue weighted by molar-refractivity contribution is -0.116. The number of hydrogen-bond donors (Lipinski definition) is 1. The van der Waals surface area contributed by atoms with Gasteiger partial charge in [-0.05, 0) is 50.2 Å². The molecular formula is C18H19NO4. The van der Waals surface area contributed by atoms with E-state index in [1.54, 1.807) is 41.3 Å². The van der Waals surface area contributed by atoms with Crippen LogP contribution >= 0.6 is 0 Å². The minimum atomic E-state index is -0.636. The highest BCUT2D eigenvalue weighted by Crippen LogP contribution is 2.23. The van der Waals surface area contributed by atoms with Gasteiger partial charge in [-0.25, -0.2) is 4.79 Å². The molecule has 0 saturated heterocycles. The summed E-state index contributed by atoms with van der Waals surface area (Å²) in [5.41, 5.74) is 0.832. The number of aromatic hydroxyl groups is 1. The number of esters is 1. The number of amides is 1. The van der Waals surface area contributed by atoms with Crippen molar-refractivity contribution in [2.45, 2.75) is 26.8 Å². The number of rotatable bonds is 4. The molecular weight excluding hydrogens is 294 g/mol. The number of carbonyl (C=O) groups is 2. The number of hydrogen-bond acceptors (Lipinski definition) is 4. The number of phenols is 1. The maximum atomic E-state index is 12.0. The Hall–Kier alpha value is -2.82. The van der Waals surface area contributed by atoms with Crippen LogP contribution in [0.1, 0.15) is 31.1 Å². The van der Waals surface area contributed by atoms with Gasteiger partial charge in [0, 0.05) is 18.7 Å². The number of phenolic OH excluding ortho intramolecular Hbond substituents is 1. The van der Waals surface area contributed by atoms with Gasteiger partial charge in [-0.15, -0.1) is 0 Å². The Kier molecular flexibility index (Phi) is 5.01. The molecule has 23 heavy (non-hydrogen) atoms. The molecule has 2 rings (SSSR count). The summed E-state index contributed by atoms with van der Waals surface area (Å²) >= 11 is 0. The standard InChI is InChI=1S/C18H19NO4/c1-12(2)19(13(3)20)14-8-10-15(11-9-14)23-18(22)16-6-4-5-7-17(16)21/h4-12,21H,1-3H3. The molecule has 2 aromatic carbocycles. The summed E-state index contributed by atoms with van der Waals surface area (Å²) < 4.78 is 5.23. The van der Waals surface area contributed by atoms with Crippen LogP contribution in [0.5, 0.6) is 11.5 Å². The molecule has 1 amide bonds. The third-order valence-electron chi connectivity index (χ3n) is 3.31. The first-order valence-corrected chi connectivity index (χ1v) is 7.30. The van der Waals surface area contributed by atoms with Gasteiger partial charge in [0.1, 0.15) is 17.1 Å². The predicted molar refractivity (Wildman–Crippen MR) is 87.8 cm³/mol. The monoisotopic (exact) mass is 313 g/mol. The van der Waals surface area contributed by atoms with Crippen molar-refractivity contribution in [3.63, 3.8) is 0 Å². The summed E-state index contributed by atoms with van der Waals surface area (Å²) in [6.45, 7) is 5.35. The van der Waals surface area contributed by atoms with E-state index in [0.717, 1.165) is 5.69 Å². The lowest BCUT2D eigenvalue weighted by Gasteiger charge is -2.25. The molecule has 0 aliphatic carbocycles. The molecule has 5 nitrogen and oxygen atoms in total. The molecule has 0 bridgehead atoms. The van der Waals surface area contributed by atoms with Crippen LogP contribution in [0.4, 0.5) is 5.69 Å². The van der Waals surface area contributed by atoms with Crippen LogP contribution in [0.15, 0.2) is 48.5 Å². The molecule has 0 aliphatic rings. The number of anilines is 1. The summed E-state index contributed by atoms with van der Waals surface area (Å²) in [6, 6.07) is 12.9. The van der Waals surface area contributed by atoms with Gasteiger partial charge in [-0.1, -0.05) is 12.1 Å². The van der Waals surface area contributed by atoms with E-state index in [9.17, 15) is 14.7 Å². The van der Waals surface area contributed by atoms with Crippen molar-refractivity contribution in [1.82, 2.24) is 0 Å². The molecule has 1 N–H and O–H groups in total. The number of benzene rings is 2. The van der Waals surface area contributed by atoms with Gasteiger partial charge in [0.05, 0.1) is 0 Å². The summed E-state index contributed by atoms with van der Waals surface area (Å²) in [7, 11) is 0. The molecule has 0 aromatic heterocycles. The molecule has 0 atom stereocenters. The fourth-order valence-corrected chi connectivity index (χ4v) is 2.33. The van der Waals surface area contributed by atoms with E-state index in [4.69, 9.17) is 4.74 Å². The highest BCUT2D eigenvalue weighted by molar-refractivity contribution is 5.94. The van der Waals surface area contributed by atoms with Crippen molar-refractivity contribution in [2.24, 2.45) is 0 Å². The highest BCUT2D eigenvalue weighted by atomic mass is 16.5. The fraction of sp³-hybridized carbons (Fsp3) is 0.222. The highest BCUT2D eigenvalue weighted by Gasteiger charge is 2.16. The first-order chi connectivity index (χ1) is 10.9. The zero-order chi connectivity index (χ0) is 17.0. The first-order valence-electron chi connectivity index (χ1n) is 7.30. The van der Waals surface area contributed by atoms with Gasteiger partial charge in [-0.3, -0.25) is 4.79 Å². The molecule has 5 heteroatoms. The molecule has 0 unspecified atom stereocenters. The van der Waals surface area contributed by atoms with Crippen molar-refractivity contribution in [2.75, 3.05) is 4.90 Å². The second-order valence-electron chi connectivity index (χ2n) is 5.38. The average Bonchev–Trinajstić information content (AvgIpc) is 2.48. The van der Waals surface area contributed by atoms with Crippen molar-refractivity contribution in [3.8, 4) is 11.5 Å². The van der Waals surface area contributed by atoms with E-state index in [1.165, 1.54) is 19.1 Å². The van der Waals surface area contributed by atoms with E-state index in [-0.39, 0.29) is 23.3 Å². The maximum absolute atomic E-state index is 12.0. The van der Waals surface area contributed by atoms with Crippen LogP contribution in [-0.2, 0) is 4.79 Å². The van der Waals surface area contributed by atoms with Crippen LogP contribution in [0.2, 0.25) is 0 Å². The largest absolute Gasteiger partial charge is 0.507 e. The number of nitrogens with zero attached hydrogens (tertiary/aromatic N) is 1. The van der Waals surface area contributed by atoms with E-state index in [1.807, 2.05) is 13.8 Å². The van der Waals surface area contributed by atoms with Crippen LogP contribution in [0.25, 0.3) is 0 Å². The third-order valence-corrected chi connectivity index (χ3v) is 3.31. The minimum Gasteiger partial charge on any atom is -0.507 e. The van der Waals surface area contributed by atoms with Crippen molar-refractivity contribution < 1.29 is 19.4 Å². The molecule has 0 saturated carbocycles. The Morgan fingerprint density at radius 2 is 1.65 bits per heavy atom. The van der Waals surface area contributed by atoms with Crippen LogP contribution in [0.3, 0.4) is 0 Å². The van der Waals surface area contributed by atoms with Crippen LogP contribution < -0.4 is 9.64 Å². The molecule has 0 radical (unpaired) electrons. The van der Waals surface area contributed by atoms with E-state index >= 15 is 0 Å². The van der Waals surface area contributed by atoms with Gasteiger partial charge in [0.15, 0.2) is 0 Å². The van der Waals surface area contributed by atoms with Crippen molar-refractivity contribution >= 4 is 17.6 Å². The SMILES string of the molecule is CC(=O)N(c1ccc(OC(=O)c2ccccc2O)cc1)C(C)C. The van der Waals surface area contributed by atoms with Crippen molar-refractivity contribution in [1.29, 1.82) is 0 Å². The van der Waals surface area contributed by atoms with Gasteiger partial charge >= 0.3 is 5.97 Å². The van der Waals surface area contributed by atoms with Gasteiger partial charge < -0.3 is 14.7 Å². The summed E-state index contributed by atoms with van der Waals surface area (Å²) in [6.07, 6.45) is 0. The number of para-hydroxylation sites is 1. The number of ether oxygens (including phenoxy) is 1.